The first-order chi connectivity index (χ1) is 9.36. The van der Waals surface area contributed by atoms with Gasteiger partial charge in [-0.25, -0.2) is 4.57 Å². The second-order valence-corrected chi connectivity index (χ2v) is 3.11. The second kappa shape index (κ2) is 16.1. The Morgan fingerprint density at radius 1 is 0.947 bits per heavy atom. The Bertz CT molecular complexity index is 372. The van der Waals surface area contributed by atoms with Crippen LogP contribution in [0.2, 0.25) is 0 Å². The molecule has 0 saturated heterocycles. The van der Waals surface area contributed by atoms with Crippen molar-refractivity contribution < 1.29 is 4.57 Å². The van der Waals surface area contributed by atoms with Crippen LogP contribution in [0.1, 0.15) is 27.7 Å². The standard InChI is InChI=1S/C14H16N.2C2H6/c1-3-5-7-10-14(4-2)13-15-11-8-6-9-12-15;2*1-2/h3-12H,1-2,13H2;2*1-2H3/q+1;;/b7-5-,14-10+;;. The molecule has 1 aromatic heterocycles. The van der Waals surface area contributed by atoms with Gasteiger partial charge in [0.2, 0.25) is 0 Å². The van der Waals surface area contributed by atoms with E-state index in [1.54, 1.807) is 6.08 Å². The molecule has 0 N–H and O–H groups in total. The Morgan fingerprint density at radius 3 is 2.00 bits per heavy atom. The van der Waals surface area contributed by atoms with E-state index in [1.165, 1.54) is 5.57 Å². The van der Waals surface area contributed by atoms with Gasteiger partial charge in [0.15, 0.2) is 18.9 Å². The van der Waals surface area contributed by atoms with Crippen molar-refractivity contribution in [3.63, 3.8) is 0 Å². The van der Waals surface area contributed by atoms with Crippen LogP contribution in [-0.4, -0.2) is 0 Å². The molecule has 1 heterocycles. The minimum Gasteiger partial charge on any atom is -0.201 e. The molecule has 0 atom stereocenters. The molecule has 0 aliphatic carbocycles. The van der Waals surface area contributed by atoms with Crippen molar-refractivity contribution in [1.29, 1.82) is 0 Å². The van der Waals surface area contributed by atoms with E-state index >= 15 is 0 Å². The zero-order valence-electron chi connectivity index (χ0n) is 12.8. The highest BCUT2D eigenvalue weighted by molar-refractivity contribution is 5.22. The molecule has 19 heavy (non-hydrogen) atoms. The van der Waals surface area contributed by atoms with Crippen LogP contribution in [0.3, 0.4) is 0 Å². The number of pyridine rings is 1. The fraction of sp³-hybridized carbons (Fsp3) is 0.278. The summed E-state index contributed by atoms with van der Waals surface area (Å²) in [5.74, 6) is 0. The third kappa shape index (κ3) is 11.0. The number of hydrogen-bond donors (Lipinski definition) is 0. The van der Waals surface area contributed by atoms with Crippen LogP contribution in [0.5, 0.6) is 0 Å². The quantitative estimate of drug-likeness (QED) is 0.523. The van der Waals surface area contributed by atoms with E-state index in [9.17, 15) is 0 Å². The molecule has 0 aliphatic heterocycles. The van der Waals surface area contributed by atoms with Crippen molar-refractivity contribution >= 4 is 0 Å². The van der Waals surface area contributed by atoms with Gasteiger partial charge >= 0.3 is 0 Å². The van der Waals surface area contributed by atoms with Crippen molar-refractivity contribution in [2.24, 2.45) is 0 Å². The maximum Gasteiger partial charge on any atom is 0.173 e. The Morgan fingerprint density at radius 2 is 1.53 bits per heavy atom. The first-order valence-corrected chi connectivity index (χ1v) is 6.91. The molecule has 1 nitrogen and oxygen atoms in total. The zero-order chi connectivity index (χ0) is 14.9. The lowest BCUT2D eigenvalue weighted by molar-refractivity contribution is -0.688. The minimum absolute atomic E-state index is 0.839. The summed E-state index contributed by atoms with van der Waals surface area (Å²) in [5, 5.41) is 0. The van der Waals surface area contributed by atoms with Gasteiger partial charge in [-0.15, -0.1) is 0 Å². The summed E-state index contributed by atoms with van der Waals surface area (Å²) in [5.41, 5.74) is 1.17. The van der Waals surface area contributed by atoms with Gasteiger partial charge in [0.25, 0.3) is 0 Å². The predicted molar refractivity (Wildman–Crippen MR) is 87.0 cm³/mol. The SMILES string of the molecule is C=C/C=C\C=C(/C=C)C[n+]1ccccc1.CC.CC. The average molecular weight is 258 g/mol. The molecule has 1 aromatic rings. The summed E-state index contributed by atoms with van der Waals surface area (Å²) in [7, 11) is 0. The Hall–Kier alpha value is -1.89. The molecule has 0 radical (unpaired) electrons. The third-order valence-corrected chi connectivity index (χ3v) is 1.96. The summed E-state index contributed by atoms with van der Waals surface area (Å²) in [6.45, 7) is 16.3. The van der Waals surface area contributed by atoms with Crippen LogP contribution in [-0.2, 0) is 6.54 Å². The topological polar surface area (TPSA) is 3.88 Å². The normalized spacial score (nSPS) is 9.79. The van der Waals surface area contributed by atoms with Gasteiger partial charge in [-0.3, -0.25) is 0 Å². The third-order valence-electron chi connectivity index (χ3n) is 1.96. The number of nitrogens with zero attached hydrogens (tertiary/aromatic N) is 1. The summed E-state index contributed by atoms with van der Waals surface area (Å²) in [6, 6.07) is 6.03. The lowest BCUT2D eigenvalue weighted by Gasteiger charge is -1.96. The smallest absolute Gasteiger partial charge is 0.173 e. The van der Waals surface area contributed by atoms with E-state index in [-0.39, 0.29) is 0 Å². The van der Waals surface area contributed by atoms with Crippen molar-refractivity contribution in [2.45, 2.75) is 34.2 Å². The molecule has 0 aromatic carbocycles. The van der Waals surface area contributed by atoms with Crippen LogP contribution in [0, 0.1) is 0 Å². The minimum atomic E-state index is 0.839. The highest BCUT2D eigenvalue weighted by atomic mass is 14.9. The molecular weight excluding hydrogens is 230 g/mol. The van der Waals surface area contributed by atoms with E-state index in [4.69, 9.17) is 0 Å². The molecule has 1 heteroatoms. The lowest BCUT2D eigenvalue weighted by Crippen LogP contribution is -2.32. The van der Waals surface area contributed by atoms with Gasteiger partial charge in [0.1, 0.15) is 0 Å². The summed E-state index contributed by atoms with van der Waals surface area (Å²) >= 11 is 0. The van der Waals surface area contributed by atoms with E-state index in [1.807, 2.05) is 82.6 Å². The van der Waals surface area contributed by atoms with Crippen molar-refractivity contribution in [3.8, 4) is 0 Å². The molecule has 0 unspecified atom stereocenters. The van der Waals surface area contributed by atoms with Gasteiger partial charge in [-0.05, 0) is 0 Å². The highest BCUT2D eigenvalue weighted by Crippen LogP contribution is 1.96. The molecular formula is C18H28N+. The average Bonchev–Trinajstić information content (AvgIpc) is 2.51. The fourth-order valence-corrected chi connectivity index (χ4v) is 1.19. The Kier molecular flexibility index (Phi) is 16.5. The first-order valence-electron chi connectivity index (χ1n) is 6.91. The van der Waals surface area contributed by atoms with Gasteiger partial charge in [-0.2, -0.15) is 0 Å². The Labute approximate surface area is 119 Å². The van der Waals surface area contributed by atoms with Crippen molar-refractivity contribution in [2.75, 3.05) is 0 Å². The van der Waals surface area contributed by atoms with E-state index in [2.05, 4.69) is 17.7 Å². The zero-order valence-corrected chi connectivity index (χ0v) is 12.8. The molecule has 104 valence electrons. The van der Waals surface area contributed by atoms with E-state index < -0.39 is 0 Å². The first kappa shape index (κ1) is 19.4. The summed E-state index contributed by atoms with van der Waals surface area (Å²) in [6.07, 6.45) is 13.6. The summed E-state index contributed by atoms with van der Waals surface area (Å²) in [4.78, 5) is 0. The molecule has 0 amide bonds. The highest BCUT2D eigenvalue weighted by Gasteiger charge is 1.99. The Balaban J connectivity index is 0. The second-order valence-electron chi connectivity index (χ2n) is 3.11. The molecule has 0 spiro atoms. The fourth-order valence-electron chi connectivity index (χ4n) is 1.19. The molecule has 0 bridgehead atoms. The van der Waals surface area contributed by atoms with Crippen LogP contribution in [0.15, 0.2) is 79.7 Å². The van der Waals surface area contributed by atoms with Crippen molar-refractivity contribution in [1.82, 2.24) is 0 Å². The maximum absolute atomic E-state index is 3.79. The van der Waals surface area contributed by atoms with Crippen LogP contribution in [0.4, 0.5) is 0 Å². The van der Waals surface area contributed by atoms with Crippen LogP contribution < -0.4 is 4.57 Å². The molecule has 0 saturated carbocycles. The molecule has 0 fully saturated rings. The van der Waals surface area contributed by atoms with Gasteiger partial charge in [0.05, 0.1) is 0 Å². The van der Waals surface area contributed by atoms with Crippen LogP contribution in [0.25, 0.3) is 0 Å². The van der Waals surface area contributed by atoms with E-state index in [0.717, 1.165) is 6.54 Å². The molecule has 1 rings (SSSR count). The summed E-state index contributed by atoms with van der Waals surface area (Å²) < 4.78 is 2.11. The number of hydrogen-bond acceptors (Lipinski definition) is 0. The number of aromatic nitrogens is 1. The largest absolute Gasteiger partial charge is 0.201 e. The predicted octanol–water partition coefficient (Wildman–Crippen LogP) is 4.88. The lowest BCUT2D eigenvalue weighted by atomic mass is 10.2. The number of rotatable bonds is 5. The number of allylic oxidation sites excluding steroid dienone is 6. The maximum atomic E-state index is 3.79. The monoisotopic (exact) mass is 258 g/mol. The van der Waals surface area contributed by atoms with E-state index in [0.29, 0.717) is 0 Å². The van der Waals surface area contributed by atoms with Gasteiger partial charge in [-0.1, -0.05) is 77.3 Å². The van der Waals surface area contributed by atoms with Gasteiger partial charge < -0.3 is 0 Å². The van der Waals surface area contributed by atoms with Crippen molar-refractivity contribution in [3.05, 3.63) is 79.7 Å². The molecule has 0 aliphatic rings. The van der Waals surface area contributed by atoms with Gasteiger partial charge in [0, 0.05) is 17.7 Å². The van der Waals surface area contributed by atoms with Crippen LogP contribution >= 0.6 is 0 Å².